The quantitative estimate of drug-likeness (QED) is 0.402. The number of hydrogen-bond donors (Lipinski definition) is 3. The van der Waals surface area contributed by atoms with Gasteiger partial charge in [-0.25, -0.2) is 4.21 Å². The molecule has 2 aliphatic carbocycles. The van der Waals surface area contributed by atoms with Crippen molar-refractivity contribution in [2.45, 2.75) is 69.0 Å². The van der Waals surface area contributed by atoms with Gasteiger partial charge in [-0.1, -0.05) is 17.7 Å². The summed E-state index contributed by atoms with van der Waals surface area (Å²) < 4.78 is 22.2. The highest BCUT2D eigenvalue weighted by Gasteiger charge is 2.44. The number of nitrogens with one attached hydrogen (secondary N) is 1. The molecule has 7 nitrogen and oxygen atoms in total. The number of hydrogen-bond acceptors (Lipinski definition) is 6. The second-order valence-corrected chi connectivity index (χ2v) is 15.0. The van der Waals surface area contributed by atoms with Crippen LogP contribution in [0, 0.1) is 11.8 Å². The molecule has 0 saturated heterocycles. The maximum Gasteiger partial charge on any atom is 0.262 e. The fourth-order valence-corrected chi connectivity index (χ4v) is 8.65. The van der Waals surface area contributed by atoms with E-state index in [0.29, 0.717) is 38.0 Å². The van der Waals surface area contributed by atoms with Gasteiger partial charge in [0.1, 0.15) is 5.75 Å². The molecule has 9 heteroatoms. The van der Waals surface area contributed by atoms with Crippen molar-refractivity contribution in [3.8, 4) is 5.75 Å². The number of ether oxygens (including phenoxy) is 1. The zero-order chi connectivity index (χ0) is 28.1. The third-order valence-electron chi connectivity index (χ3n) is 9.53. The molecule has 2 heterocycles. The molecule has 3 N–H and O–H groups in total. The van der Waals surface area contributed by atoms with Gasteiger partial charge in [0.05, 0.1) is 24.5 Å². The lowest BCUT2D eigenvalue weighted by Crippen LogP contribution is -2.50. The summed E-state index contributed by atoms with van der Waals surface area (Å²) >= 11 is 6.38. The van der Waals surface area contributed by atoms with E-state index in [-0.39, 0.29) is 23.0 Å². The molecule has 1 amide bonds. The normalized spacial score (nSPS) is 34.5. The van der Waals surface area contributed by atoms with Crippen molar-refractivity contribution in [3.05, 3.63) is 58.1 Å². The van der Waals surface area contributed by atoms with Gasteiger partial charge < -0.3 is 19.8 Å². The van der Waals surface area contributed by atoms with Crippen molar-refractivity contribution in [1.82, 2.24) is 4.72 Å². The van der Waals surface area contributed by atoms with E-state index in [1.807, 2.05) is 18.2 Å². The largest absolute Gasteiger partial charge is 0.490 e. The van der Waals surface area contributed by atoms with Crippen LogP contribution in [0.2, 0.25) is 5.02 Å². The number of aliphatic hydroxyl groups is 2. The second-order valence-electron chi connectivity index (χ2n) is 12.3. The average molecular weight is 587 g/mol. The fraction of sp³-hybridized carbons (Fsp3) is 0.548. The number of carbonyl (C=O) groups excluding carboxylic acids is 1. The molecule has 4 aliphatic rings. The topological polar surface area (TPSA) is 99.1 Å². The number of fused-ring (bicyclic) bond motifs is 4. The summed E-state index contributed by atoms with van der Waals surface area (Å²) in [5.41, 5.74) is 3.54. The maximum atomic E-state index is 13.2. The highest BCUT2D eigenvalue weighted by molar-refractivity contribution is 7.99. The Hall–Kier alpha value is -2.26. The minimum atomic E-state index is -2.88. The molecule has 1 spiro atoms. The Bertz CT molecular complexity index is 1400. The predicted molar refractivity (Wildman–Crippen MR) is 160 cm³/mol. The van der Waals surface area contributed by atoms with Gasteiger partial charge in [0.2, 0.25) is 0 Å². The molecule has 2 aliphatic heterocycles. The van der Waals surface area contributed by atoms with Crippen LogP contribution in [0.1, 0.15) is 66.4 Å². The number of carbonyl (C=O) groups is 1. The molecule has 1 fully saturated rings. The van der Waals surface area contributed by atoms with E-state index in [0.717, 1.165) is 55.1 Å². The van der Waals surface area contributed by atoms with Gasteiger partial charge in [-0.15, -0.1) is 0 Å². The summed E-state index contributed by atoms with van der Waals surface area (Å²) in [7, 11) is -2.88. The molecule has 0 aromatic heterocycles. The summed E-state index contributed by atoms with van der Waals surface area (Å²) in [4.78, 5) is 15.6. The van der Waals surface area contributed by atoms with Crippen LogP contribution in [0.5, 0.6) is 5.75 Å². The van der Waals surface area contributed by atoms with Crippen molar-refractivity contribution in [2.75, 3.05) is 30.3 Å². The number of aryl methyl sites for hydroxylation is 1. The van der Waals surface area contributed by atoms with E-state index < -0.39 is 27.8 Å². The van der Waals surface area contributed by atoms with Crippen molar-refractivity contribution in [1.29, 1.82) is 0 Å². The molecule has 1 unspecified atom stereocenters. The van der Waals surface area contributed by atoms with E-state index in [4.69, 9.17) is 16.3 Å². The van der Waals surface area contributed by atoms with Crippen molar-refractivity contribution < 1.29 is 24.0 Å². The number of aliphatic hydroxyl groups excluding tert-OH is 2. The summed E-state index contributed by atoms with van der Waals surface area (Å²) in [5, 5.41) is 22.4. The van der Waals surface area contributed by atoms with Crippen molar-refractivity contribution in [2.24, 2.45) is 11.8 Å². The van der Waals surface area contributed by atoms with Gasteiger partial charge >= 0.3 is 0 Å². The number of nitrogens with zero attached hydrogens (tertiary/aromatic N) is 1. The monoisotopic (exact) mass is 586 g/mol. The molecule has 2 aromatic carbocycles. The first-order valence-electron chi connectivity index (χ1n) is 14.5. The minimum Gasteiger partial charge on any atom is -0.490 e. The van der Waals surface area contributed by atoms with Gasteiger partial charge in [0.25, 0.3) is 5.91 Å². The number of benzene rings is 2. The van der Waals surface area contributed by atoms with Crippen LogP contribution in [-0.2, 0) is 21.5 Å². The maximum absolute atomic E-state index is 13.2. The van der Waals surface area contributed by atoms with E-state index in [2.05, 4.69) is 27.6 Å². The number of rotatable bonds is 0. The number of halogens is 1. The zero-order valence-corrected chi connectivity index (χ0v) is 24.4. The Kier molecular flexibility index (Phi) is 7.57. The molecule has 1 saturated carbocycles. The first-order chi connectivity index (χ1) is 19.1. The molecule has 6 rings (SSSR count). The second kappa shape index (κ2) is 10.9. The Labute approximate surface area is 242 Å². The predicted octanol–water partition coefficient (Wildman–Crippen LogP) is 4.11. The third-order valence-corrected chi connectivity index (χ3v) is 11.3. The van der Waals surface area contributed by atoms with Crippen LogP contribution in [0.3, 0.4) is 0 Å². The first kappa shape index (κ1) is 27.9. The molecular weight excluding hydrogens is 548 g/mol. The lowest BCUT2D eigenvalue weighted by molar-refractivity contribution is -0.0174. The zero-order valence-electron chi connectivity index (χ0n) is 22.8. The third kappa shape index (κ3) is 5.48. The van der Waals surface area contributed by atoms with Crippen LogP contribution in [-0.4, -0.2) is 63.9 Å². The Morgan fingerprint density at radius 1 is 1.12 bits per heavy atom. The van der Waals surface area contributed by atoms with Crippen LogP contribution < -0.4 is 14.4 Å². The van der Waals surface area contributed by atoms with E-state index >= 15 is 0 Å². The van der Waals surface area contributed by atoms with Gasteiger partial charge in [-0.2, -0.15) is 0 Å². The summed E-state index contributed by atoms with van der Waals surface area (Å²) in [6.07, 6.45) is 4.81. The smallest absolute Gasteiger partial charge is 0.262 e. The molecule has 216 valence electrons. The Morgan fingerprint density at radius 3 is 2.77 bits per heavy atom. The highest BCUT2D eigenvalue weighted by atomic mass is 35.5. The Morgan fingerprint density at radius 2 is 1.98 bits per heavy atom. The minimum absolute atomic E-state index is 0.104. The van der Waals surface area contributed by atoms with Gasteiger partial charge in [-0.05, 0) is 111 Å². The van der Waals surface area contributed by atoms with Crippen LogP contribution >= 0.6 is 11.6 Å². The standard InChI is InChI=1S/C31H39ClN2O5S/c1-40(38)13-3-5-24(35)16-28(36)25-9-6-22(25)17-34-18-31(12-2-4-20-14-23(32)8-10-26(20)31)19-39-29-11-7-21(15-27(29)34)30(37)33-40/h7-8,10-11,14-15,22,24-25,28,35-36H,1-6,9,12-13,16-19H2,(H,33,37,38)/t22-,24-,25+,28-,31-,40?/m0/s1. The number of anilines is 1. The van der Waals surface area contributed by atoms with E-state index in [1.165, 1.54) is 11.1 Å². The van der Waals surface area contributed by atoms with Gasteiger partial charge in [-0.3, -0.25) is 9.52 Å². The van der Waals surface area contributed by atoms with Crippen LogP contribution in [0.15, 0.2) is 36.4 Å². The lowest BCUT2D eigenvalue weighted by atomic mass is 9.68. The van der Waals surface area contributed by atoms with Crippen molar-refractivity contribution in [3.63, 3.8) is 0 Å². The average Bonchev–Trinajstić information content (AvgIpc) is 3.02. The van der Waals surface area contributed by atoms with Crippen LogP contribution in [0.25, 0.3) is 0 Å². The van der Waals surface area contributed by atoms with Crippen molar-refractivity contribution >= 4 is 38.8 Å². The van der Waals surface area contributed by atoms with Crippen LogP contribution in [0.4, 0.5) is 5.69 Å². The molecule has 2 bridgehead atoms. The molecule has 2 aromatic rings. The van der Waals surface area contributed by atoms with E-state index in [9.17, 15) is 19.2 Å². The summed E-state index contributed by atoms with van der Waals surface area (Å²) in [6, 6.07) is 11.6. The lowest BCUT2D eigenvalue weighted by Gasteiger charge is -2.46. The van der Waals surface area contributed by atoms with Gasteiger partial charge in [0, 0.05) is 44.6 Å². The fourth-order valence-electron chi connectivity index (χ4n) is 7.27. The summed E-state index contributed by atoms with van der Waals surface area (Å²) in [6.45, 7) is 1.95. The first-order valence-corrected chi connectivity index (χ1v) is 16.7. The highest BCUT2D eigenvalue weighted by Crippen LogP contribution is 2.47. The Balaban J connectivity index is 1.40. The molecule has 6 atom stereocenters. The summed E-state index contributed by atoms with van der Waals surface area (Å²) in [5.74, 6) is 4.61. The SMILES string of the molecule is C=S1(=O)CCC[C@H](O)C[C@H](O)[C@@H]2CC[C@H]2CN2C[C@@]3(CCCc4cc(Cl)ccc43)COc3ccc(cc32)C(=O)N1. The van der Waals surface area contributed by atoms with Gasteiger partial charge in [0.15, 0.2) is 0 Å². The number of amides is 1. The van der Waals surface area contributed by atoms with E-state index in [1.54, 1.807) is 6.07 Å². The molecule has 0 radical (unpaired) electrons. The molecule has 40 heavy (non-hydrogen) atoms. The molecular formula is C31H39ClN2O5S.